The quantitative estimate of drug-likeness (QED) is 0.0227. The van der Waals surface area contributed by atoms with Crippen LogP contribution < -0.4 is 11.5 Å². The third-order valence-electron chi connectivity index (χ3n) is 17.6. The van der Waals surface area contributed by atoms with E-state index in [1.165, 1.54) is 0 Å². The van der Waals surface area contributed by atoms with Gasteiger partial charge in [-0.05, 0) is 155 Å². The molecule has 0 unspecified atom stereocenters. The lowest BCUT2D eigenvalue weighted by Crippen LogP contribution is -2.40. The van der Waals surface area contributed by atoms with Gasteiger partial charge in [-0.2, -0.15) is 10.5 Å². The summed E-state index contributed by atoms with van der Waals surface area (Å²) < 4.78 is 14.9. The number of aliphatic hydroxyl groups excluding tert-OH is 1. The van der Waals surface area contributed by atoms with Gasteiger partial charge in [0.2, 0.25) is 11.9 Å². The van der Waals surface area contributed by atoms with E-state index < -0.39 is 16.6 Å². The van der Waals surface area contributed by atoms with Gasteiger partial charge in [0, 0.05) is 66.2 Å². The summed E-state index contributed by atoms with van der Waals surface area (Å²) in [6.07, 6.45) is 7.08. The second kappa shape index (κ2) is 39.2. The minimum Gasteiger partial charge on any atom is -0.411 e. The summed E-state index contributed by atoms with van der Waals surface area (Å²) in [5, 5.41) is 39.3. The van der Waals surface area contributed by atoms with Crippen LogP contribution in [0.5, 0.6) is 0 Å². The molecule has 109 heavy (non-hydrogen) atoms. The summed E-state index contributed by atoms with van der Waals surface area (Å²) in [6.45, 7) is 50.3. The Morgan fingerprint density at radius 3 is 1.31 bits per heavy atom. The predicted octanol–water partition coefficient (Wildman–Crippen LogP) is 19.5. The molecule has 5 N–H and O–H groups in total. The highest BCUT2D eigenvalue weighted by atomic mass is 79.9. The van der Waals surface area contributed by atoms with Crippen molar-refractivity contribution in [2.45, 2.75) is 215 Å². The van der Waals surface area contributed by atoms with Gasteiger partial charge in [-0.1, -0.05) is 195 Å². The average Bonchev–Trinajstić information content (AvgIpc) is 1.71. The highest BCUT2D eigenvalue weighted by Gasteiger charge is 2.38. The maximum atomic E-state index is 9.15. The van der Waals surface area contributed by atoms with Crippen LogP contribution in [0.4, 0.5) is 11.9 Å². The molecule has 2 aromatic carbocycles. The zero-order valence-electron chi connectivity index (χ0n) is 67.5. The molecule has 0 bridgehead atoms. The van der Waals surface area contributed by atoms with Crippen molar-refractivity contribution in [1.82, 2.24) is 59.8 Å². The average molecular weight is 1570 g/mol. The molecule has 0 spiro atoms. The van der Waals surface area contributed by atoms with Gasteiger partial charge < -0.3 is 25.4 Å². The molecular weight excluding hydrogens is 1460 g/mol. The van der Waals surface area contributed by atoms with Gasteiger partial charge in [-0.25, -0.2) is 29.6 Å². The second-order valence-electron chi connectivity index (χ2n) is 33.0. The molecular formula is C84H108BrN19O3Si2. The first-order valence-corrected chi connectivity index (χ1v) is 42.4. The Hall–Kier alpha value is -10.3. The van der Waals surface area contributed by atoms with E-state index in [1.54, 1.807) is 53.2 Å². The molecule has 8 aromatic heterocycles. The largest absolute Gasteiger partial charge is 0.411 e. The van der Waals surface area contributed by atoms with Crippen molar-refractivity contribution in [3.05, 3.63) is 241 Å². The van der Waals surface area contributed by atoms with Gasteiger partial charge in [0.1, 0.15) is 16.0 Å². The minimum atomic E-state index is -1.69. The van der Waals surface area contributed by atoms with Gasteiger partial charge in [-0.3, -0.25) is 19.9 Å². The Morgan fingerprint density at radius 1 is 0.495 bits per heavy atom. The first-order valence-electron chi connectivity index (χ1n) is 35.8. The highest BCUT2D eigenvalue weighted by Crippen LogP contribution is 2.38. The van der Waals surface area contributed by atoms with Gasteiger partial charge in [0.05, 0.1) is 102 Å². The predicted molar refractivity (Wildman–Crippen MR) is 446 cm³/mol. The lowest BCUT2D eigenvalue weighted by Gasteiger charge is -2.36. The van der Waals surface area contributed by atoms with Crippen molar-refractivity contribution >= 4 is 44.5 Å². The van der Waals surface area contributed by atoms with Crippen LogP contribution in [0.1, 0.15) is 193 Å². The van der Waals surface area contributed by atoms with Crippen LogP contribution in [-0.2, 0) is 63.4 Å². The van der Waals surface area contributed by atoms with Crippen molar-refractivity contribution in [1.29, 1.82) is 10.5 Å². The third kappa shape index (κ3) is 29.3. The SMILES string of the molecule is C#Cc1cc(-c2cccc(C#N)c2)nc(N)n1.CC(C)(C)[Si](C)(C)OCc1cccc(Br)n1.CC(C)(C)c1cccc(CN=[N+]=[N-])n1.CC(C)(C)c1cccc(CO)n1.CC(C)(C)c1cccc(CO[Si](C)(C)C(C)(C)C)n1.CC(C)(C)c1cccc(Cn2cc(-c3cc(-c4cccc(C#N)c4)nc(N)n3)nn2)n1. The number of nitriles is 2. The molecule has 0 amide bonds. The van der Waals surface area contributed by atoms with E-state index in [4.69, 9.17) is 57.9 Å². The van der Waals surface area contributed by atoms with Gasteiger partial charge in [-0.15, -0.1) is 11.5 Å². The summed E-state index contributed by atoms with van der Waals surface area (Å²) in [5.41, 5.74) is 34.0. The number of hydrogen-bond acceptors (Lipinski definition) is 19. The van der Waals surface area contributed by atoms with Crippen LogP contribution in [0.15, 0.2) is 168 Å². The standard InChI is InChI=1S/C23H22N8.C16H29NOSi.C13H8N4.C12H20BrNOSi.C10H14N4.C10H15NO/c1-23(2,3)21-9-5-8-17(26-21)13-31-14-20(29-30-31)19-11-18(27-22(25)28-19)16-7-4-6-15(10-16)12-24;1-15(2,3)14-11-9-10-13(17-14)12-18-19(7,8)16(4,5)6;1-2-11-7-12(17-13(15)16-11)10-5-3-4-9(6-10)8-14;1-12(2,3)16(4,5)15-9-10-7-6-8-11(13)14-10;1-10(2,3)9-6-4-5-8(13-9)7-12-14-11;1-10(2,3)9-6-4-5-8(7-12)11-9/h4-11,14H,13H2,1-3H3,(H2,25,27,28);9-11H,12H2,1-8H3;1,3-7H,(H2,15,16,17);6-8H,9H2,1-5H3;4-6H,7H2,1-3H3;4-6,12H,7H2,1-3H3. The summed E-state index contributed by atoms with van der Waals surface area (Å²) in [7, 11) is -3.35. The molecule has 25 heteroatoms. The zero-order chi connectivity index (χ0) is 81.3. The van der Waals surface area contributed by atoms with Crippen LogP contribution in [0, 0.1) is 35.0 Å². The summed E-state index contributed by atoms with van der Waals surface area (Å²) >= 11 is 3.37. The van der Waals surface area contributed by atoms with Crippen molar-refractivity contribution in [2.75, 3.05) is 11.5 Å². The van der Waals surface area contributed by atoms with E-state index in [-0.39, 0.29) is 50.2 Å². The Kier molecular flexibility index (Phi) is 32.1. The monoisotopic (exact) mass is 1570 g/mol. The molecule has 0 aliphatic carbocycles. The van der Waals surface area contributed by atoms with Gasteiger partial charge in [0.25, 0.3) is 0 Å². The summed E-state index contributed by atoms with van der Waals surface area (Å²) in [5.74, 6) is 2.66. The molecule has 0 atom stereocenters. The van der Waals surface area contributed by atoms with Gasteiger partial charge >= 0.3 is 0 Å². The molecule has 10 rings (SSSR count). The molecule has 572 valence electrons. The molecule has 0 aliphatic rings. The Morgan fingerprint density at radius 2 is 0.881 bits per heavy atom. The van der Waals surface area contributed by atoms with Crippen molar-refractivity contribution in [3.63, 3.8) is 0 Å². The number of nitrogens with zero attached hydrogens (tertiary/aromatic N) is 17. The molecule has 8 heterocycles. The molecule has 22 nitrogen and oxygen atoms in total. The Bertz CT molecular complexity index is 4820. The first kappa shape index (κ1) is 89.4. The third-order valence-corrected chi connectivity index (χ3v) is 27.0. The molecule has 10 aromatic rings. The molecule has 0 radical (unpaired) electrons. The van der Waals surface area contributed by atoms with Gasteiger partial charge in [0.15, 0.2) is 16.6 Å². The smallest absolute Gasteiger partial charge is 0.221 e. The fraction of sp³-hybridized carbons (Fsp3) is 0.393. The Labute approximate surface area is 656 Å². The molecule has 0 fully saturated rings. The maximum Gasteiger partial charge on any atom is 0.221 e. The number of hydrogen-bond donors (Lipinski definition) is 3. The molecule has 0 saturated heterocycles. The second-order valence-corrected chi connectivity index (χ2v) is 43.4. The van der Waals surface area contributed by atoms with Crippen LogP contribution in [0.3, 0.4) is 0 Å². The number of azide groups is 1. The van der Waals surface area contributed by atoms with Crippen LogP contribution in [0.25, 0.3) is 44.3 Å². The summed E-state index contributed by atoms with van der Waals surface area (Å²) in [4.78, 5) is 41.9. The maximum absolute atomic E-state index is 9.15. The Balaban J connectivity index is 0.000000242. The van der Waals surface area contributed by atoms with E-state index in [1.807, 2.05) is 91.1 Å². The first-order chi connectivity index (χ1) is 50.8. The van der Waals surface area contributed by atoms with Crippen LogP contribution >= 0.6 is 15.9 Å². The normalized spacial score (nSPS) is 11.6. The van der Waals surface area contributed by atoms with E-state index in [9.17, 15) is 0 Å². The molecule has 0 aliphatic heterocycles. The van der Waals surface area contributed by atoms with Crippen LogP contribution in [-0.4, -0.2) is 81.6 Å². The number of anilines is 2. The number of benzene rings is 2. The topological polar surface area (TPSA) is 334 Å². The zero-order valence-corrected chi connectivity index (χ0v) is 71.1. The minimum absolute atomic E-state index is 0.0178. The fourth-order valence-corrected chi connectivity index (χ4v) is 11.4. The number of aromatic nitrogens is 12. The van der Waals surface area contributed by atoms with E-state index in [0.717, 1.165) is 67.0 Å². The lowest BCUT2D eigenvalue weighted by molar-refractivity contribution is 0.271. The number of aliphatic hydroxyl groups is 1. The number of halogens is 1. The van der Waals surface area contributed by atoms with E-state index in [2.05, 4.69) is 258 Å². The number of pyridine rings is 5. The van der Waals surface area contributed by atoms with Crippen molar-refractivity contribution < 1.29 is 14.0 Å². The van der Waals surface area contributed by atoms with Crippen LogP contribution in [0.2, 0.25) is 36.3 Å². The fourth-order valence-electron chi connectivity index (χ4n) is 9.10. The number of rotatable bonds is 14. The van der Waals surface area contributed by atoms with Crippen molar-refractivity contribution in [2.24, 2.45) is 5.11 Å². The number of terminal acetylenes is 1. The van der Waals surface area contributed by atoms with E-state index >= 15 is 0 Å². The number of nitrogens with two attached hydrogens (primary N) is 2. The highest BCUT2D eigenvalue weighted by molar-refractivity contribution is 9.10. The molecule has 0 saturated carbocycles. The van der Waals surface area contributed by atoms with E-state index in [0.29, 0.717) is 65.9 Å². The number of nitrogen functional groups attached to an aromatic ring is 2. The van der Waals surface area contributed by atoms with Crippen molar-refractivity contribution in [3.8, 4) is 58.4 Å². The summed E-state index contributed by atoms with van der Waals surface area (Å²) in [6, 6.07) is 51.6. The lowest BCUT2D eigenvalue weighted by atomic mass is 9.91.